The zero-order valence-corrected chi connectivity index (χ0v) is 21.5. The van der Waals surface area contributed by atoms with E-state index in [1.807, 2.05) is 60.4 Å². The van der Waals surface area contributed by atoms with Gasteiger partial charge in [0.1, 0.15) is 18.2 Å². The molecule has 2 fully saturated rings. The van der Waals surface area contributed by atoms with E-state index in [0.29, 0.717) is 19.6 Å². The van der Waals surface area contributed by atoms with Gasteiger partial charge in [-0.25, -0.2) is 4.68 Å². The highest BCUT2D eigenvalue weighted by molar-refractivity contribution is 8.02. The minimum atomic E-state index is -0.882. The summed E-state index contributed by atoms with van der Waals surface area (Å²) >= 11 is 1.55. The molecule has 1 N–H and O–H groups in total. The van der Waals surface area contributed by atoms with Gasteiger partial charge in [0.15, 0.2) is 0 Å². The summed E-state index contributed by atoms with van der Waals surface area (Å²) < 4.78 is 0.803. The molecule has 0 saturated carbocycles. The highest BCUT2D eigenvalue weighted by atomic mass is 32.2. The number of para-hydroxylation sites is 1. The minimum absolute atomic E-state index is 0.0276. The van der Waals surface area contributed by atoms with Gasteiger partial charge in [0.05, 0.1) is 28.7 Å². The lowest BCUT2D eigenvalue weighted by molar-refractivity contribution is -0.145. The number of aromatic nitrogens is 3. The number of thioether (sulfide) groups is 1. The third-order valence-electron chi connectivity index (χ3n) is 7.88. The van der Waals surface area contributed by atoms with Crippen LogP contribution in [0, 0.1) is 11.8 Å². The van der Waals surface area contributed by atoms with Crippen LogP contribution in [0.25, 0.3) is 11.0 Å². The number of β-amino-alcohol motifs (C(OH)–C–C–N with tert-alkyl or cyclic N) is 1. The van der Waals surface area contributed by atoms with Crippen molar-refractivity contribution >= 4 is 40.5 Å². The highest BCUT2D eigenvalue weighted by Gasteiger charge is 2.70. The molecular formula is C26H30N6O4S. The van der Waals surface area contributed by atoms with Crippen LogP contribution in [0.3, 0.4) is 0 Å². The molecule has 0 aliphatic carbocycles. The molecule has 0 bridgehead atoms. The van der Waals surface area contributed by atoms with Crippen molar-refractivity contribution in [1.82, 2.24) is 29.7 Å². The third kappa shape index (κ3) is 3.62. The van der Waals surface area contributed by atoms with Gasteiger partial charge >= 0.3 is 0 Å². The number of fused-ring (bicyclic) bond motifs is 3. The monoisotopic (exact) mass is 522 g/mol. The predicted molar refractivity (Wildman–Crippen MR) is 138 cm³/mol. The number of hydrogen-bond acceptors (Lipinski definition) is 7. The largest absolute Gasteiger partial charge is 0.395 e. The molecule has 1 aromatic heterocycles. The van der Waals surface area contributed by atoms with Crippen LogP contribution >= 0.6 is 11.8 Å². The van der Waals surface area contributed by atoms with Crippen molar-refractivity contribution in [3.63, 3.8) is 0 Å². The molecule has 1 spiro atoms. The van der Waals surface area contributed by atoms with Crippen molar-refractivity contribution in [2.75, 3.05) is 32.8 Å². The van der Waals surface area contributed by atoms with Crippen LogP contribution in [-0.4, -0.2) is 101 Å². The van der Waals surface area contributed by atoms with Crippen LogP contribution in [0.5, 0.6) is 0 Å². The molecule has 2 aromatic rings. The molecule has 11 heteroatoms. The lowest BCUT2D eigenvalue weighted by Gasteiger charge is -2.35. The predicted octanol–water partition coefficient (Wildman–Crippen LogP) is 0.885. The number of aliphatic hydroxyl groups excluding tert-OH is 1. The maximum Gasteiger partial charge on any atom is 0.248 e. The first-order chi connectivity index (χ1) is 18.0. The number of benzene rings is 1. The molecule has 1 aromatic carbocycles. The maximum atomic E-state index is 14.2. The van der Waals surface area contributed by atoms with Gasteiger partial charge in [-0.1, -0.05) is 48.6 Å². The number of hydrogen-bond donors (Lipinski definition) is 1. The fourth-order valence-corrected chi connectivity index (χ4v) is 8.37. The van der Waals surface area contributed by atoms with E-state index < -0.39 is 22.6 Å². The van der Waals surface area contributed by atoms with Crippen LogP contribution in [0.1, 0.15) is 13.3 Å². The summed E-state index contributed by atoms with van der Waals surface area (Å²) in [7, 11) is 0. The van der Waals surface area contributed by atoms with Crippen LogP contribution in [-0.2, 0) is 21.1 Å². The summed E-state index contributed by atoms with van der Waals surface area (Å²) in [5, 5.41) is 18.1. The molecule has 5 atom stereocenters. The molecule has 1 unspecified atom stereocenters. The fraction of sp³-hybridized carbons (Fsp3) is 0.500. The highest BCUT2D eigenvalue weighted by Crippen LogP contribution is 2.60. The summed E-state index contributed by atoms with van der Waals surface area (Å²) in [5.74, 6) is -1.68. The van der Waals surface area contributed by atoms with Crippen LogP contribution < -0.4 is 0 Å². The van der Waals surface area contributed by atoms with Crippen LogP contribution in [0.4, 0.5) is 0 Å². The van der Waals surface area contributed by atoms with Crippen molar-refractivity contribution in [2.24, 2.45) is 11.8 Å². The molecule has 0 radical (unpaired) electrons. The third-order valence-corrected chi connectivity index (χ3v) is 9.63. The second-order valence-electron chi connectivity index (χ2n) is 9.99. The Balaban J connectivity index is 1.38. The van der Waals surface area contributed by atoms with Gasteiger partial charge < -0.3 is 19.8 Å². The smallest absolute Gasteiger partial charge is 0.248 e. The second kappa shape index (κ2) is 9.29. The zero-order valence-electron chi connectivity index (χ0n) is 20.6. The maximum absolute atomic E-state index is 14.2. The molecule has 194 valence electrons. The van der Waals surface area contributed by atoms with Crippen LogP contribution in [0.15, 0.2) is 48.6 Å². The van der Waals surface area contributed by atoms with Crippen LogP contribution in [0.2, 0.25) is 0 Å². The number of nitrogens with zero attached hydrogens (tertiary/aromatic N) is 6. The summed E-state index contributed by atoms with van der Waals surface area (Å²) in [6.07, 6.45) is 8.81. The molecule has 4 aliphatic rings. The molecule has 10 nitrogen and oxygen atoms in total. The normalized spacial score (nSPS) is 31.1. The molecule has 4 aliphatic heterocycles. The standard InChI is InChI=1S/C26H30N6O4S/c1-2-11-29-12-5-9-19-20(23(29)34)21-24(35)31(14-15-33)22-25(36)30(13-6-10-26(21,22)37-19)16-32-18-8-4-3-7-17(18)27-28-32/h3-10,19-22,33H,2,11-16H2,1H3/t19-,20+,21+,22?,26+/m1/s1. The van der Waals surface area contributed by atoms with E-state index in [1.165, 1.54) is 4.90 Å². The van der Waals surface area contributed by atoms with Crippen molar-refractivity contribution < 1.29 is 19.5 Å². The first kappa shape index (κ1) is 24.2. The Morgan fingerprint density at radius 3 is 2.68 bits per heavy atom. The number of amides is 3. The van der Waals surface area contributed by atoms with Gasteiger partial charge in [0.25, 0.3) is 0 Å². The Morgan fingerprint density at radius 2 is 1.86 bits per heavy atom. The molecule has 2 saturated heterocycles. The molecule has 5 heterocycles. The molecule has 37 heavy (non-hydrogen) atoms. The second-order valence-corrected chi connectivity index (χ2v) is 11.5. The van der Waals surface area contributed by atoms with E-state index in [4.69, 9.17) is 0 Å². The van der Waals surface area contributed by atoms with E-state index in [-0.39, 0.29) is 42.8 Å². The van der Waals surface area contributed by atoms with Gasteiger partial charge in [0, 0.05) is 31.4 Å². The number of likely N-dealkylation sites (tertiary alicyclic amines) is 1. The number of rotatable bonds is 6. The first-order valence-corrected chi connectivity index (χ1v) is 13.7. The Morgan fingerprint density at radius 1 is 1.05 bits per heavy atom. The number of aliphatic hydroxyl groups is 1. The Hall–Kier alpha value is -3.18. The average molecular weight is 523 g/mol. The van der Waals surface area contributed by atoms with Crippen molar-refractivity contribution in [3.05, 3.63) is 48.6 Å². The van der Waals surface area contributed by atoms with Crippen molar-refractivity contribution in [2.45, 2.75) is 36.1 Å². The van der Waals surface area contributed by atoms with E-state index in [2.05, 4.69) is 10.3 Å². The first-order valence-electron chi connectivity index (χ1n) is 12.8. The summed E-state index contributed by atoms with van der Waals surface area (Å²) in [6, 6.07) is 6.74. The Labute approximate surface area is 218 Å². The average Bonchev–Trinajstić information content (AvgIpc) is 3.44. The van der Waals surface area contributed by atoms with E-state index in [0.717, 1.165) is 17.5 Å². The number of carbonyl (C=O) groups is 3. The molecular weight excluding hydrogens is 492 g/mol. The van der Waals surface area contributed by atoms with E-state index >= 15 is 0 Å². The van der Waals surface area contributed by atoms with Gasteiger partial charge in [-0.2, -0.15) is 0 Å². The van der Waals surface area contributed by atoms with E-state index in [1.54, 1.807) is 21.3 Å². The van der Waals surface area contributed by atoms with Gasteiger partial charge in [-0.05, 0) is 18.6 Å². The SMILES string of the molecule is CCCN1CC=C[C@H]2S[C@]34C=CCN(Cn5nnc6ccccc65)C(=O)C3N(CCO)C(=O)[C@@H]4[C@H]2C1=O. The molecule has 3 amide bonds. The van der Waals surface area contributed by atoms with Crippen molar-refractivity contribution in [3.8, 4) is 0 Å². The summed E-state index contributed by atoms with van der Waals surface area (Å²) in [4.78, 5) is 46.9. The zero-order chi connectivity index (χ0) is 25.7. The van der Waals surface area contributed by atoms with Crippen molar-refractivity contribution in [1.29, 1.82) is 0 Å². The quantitative estimate of drug-likeness (QED) is 0.561. The lowest BCUT2D eigenvalue weighted by atomic mass is 9.78. The lowest BCUT2D eigenvalue weighted by Crippen LogP contribution is -2.53. The Bertz CT molecular complexity index is 1310. The van der Waals surface area contributed by atoms with E-state index in [9.17, 15) is 19.5 Å². The topological polar surface area (TPSA) is 112 Å². The minimum Gasteiger partial charge on any atom is -0.395 e. The molecule has 6 rings (SSSR count). The van der Waals surface area contributed by atoms with Gasteiger partial charge in [-0.15, -0.1) is 16.9 Å². The number of carbonyl (C=O) groups excluding carboxylic acids is 3. The van der Waals surface area contributed by atoms with Gasteiger partial charge in [0.2, 0.25) is 17.7 Å². The summed E-state index contributed by atoms with van der Waals surface area (Å²) in [6.45, 7) is 3.51. The Kier molecular flexibility index (Phi) is 6.07. The summed E-state index contributed by atoms with van der Waals surface area (Å²) in [5.41, 5.74) is 1.55. The van der Waals surface area contributed by atoms with Gasteiger partial charge in [-0.3, -0.25) is 14.4 Å². The fourth-order valence-electron chi connectivity index (χ4n) is 6.37.